The van der Waals surface area contributed by atoms with Gasteiger partial charge in [-0.1, -0.05) is 72.8 Å². The molecule has 0 bridgehead atoms. The molecule has 1 fully saturated rings. The summed E-state index contributed by atoms with van der Waals surface area (Å²) in [7, 11) is 0. The van der Waals surface area contributed by atoms with E-state index in [2.05, 4.69) is 17.4 Å². The molecule has 1 aliphatic carbocycles. The lowest BCUT2D eigenvalue weighted by molar-refractivity contribution is -0.132. The van der Waals surface area contributed by atoms with Crippen molar-refractivity contribution in [2.75, 3.05) is 0 Å². The van der Waals surface area contributed by atoms with Crippen molar-refractivity contribution in [1.82, 2.24) is 10.2 Å². The van der Waals surface area contributed by atoms with E-state index in [-0.39, 0.29) is 17.9 Å². The number of aliphatic hydroxyl groups is 1. The molecule has 1 aliphatic heterocycles. The Morgan fingerprint density at radius 3 is 2.44 bits per heavy atom. The van der Waals surface area contributed by atoms with Gasteiger partial charge in [-0.2, -0.15) is 0 Å². The van der Waals surface area contributed by atoms with Crippen molar-refractivity contribution in [1.29, 1.82) is 0 Å². The second-order valence-electron chi connectivity index (χ2n) is 8.29. The Morgan fingerprint density at radius 2 is 1.69 bits per heavy atom. The van der Waals surface area contributed by atoms with Crippen LogP contribution in [0.5, 0.6) is 0 Å². The highest BCUT2D eigenvalue weighted by molar-refractivity contribution is 5.80. The maximum Gasteiger partial charge on any atom is 0.228 e. The van der Waals surface area contributed by atoms with Crippen LogP contribution in [0.2, 0.25) is 0 Å². The SMILES string of the molecule is O=C(NC1=CC=CC=CN1Cc1ccccc1)C1CCC(O)C(OCc2ccccc2)C1. The van der Waals surface area contributed by atoms with E-state index in [0.717, 1.165) is 16.9 Å². The number of amides is 1. The fourth-order valence-electron chi connectivity index (χ4n) is 4.11. The van der Waals surface area contributed by atoms with Crippen molar-refractivity contribution >= 4 is 5.91 Å². The summed E-state index contributed by atoms with van der Waals surface area (Å²) >= 11 is 0. The third-order valence-electron chi connectivity index (χ3n) is 5.93. The molecule has 3 atom stereocenters. The first-order valence-corrected chi connectivity index (χ1v) is 11.2. The van der Waals surface area contributed by atoms with Gasteiger partial charge < -0.3 is 20.1 Å². The number of nitrogens with one attached hydrogen (secondary N) is 1. The highest BCUT2D eigenvalue weighted by atomic mass is 16.5. The van der Waals surface area contributed by atoms with Crippen molar-refractivity contribution < 1.29 is 14.6 Å². The molecule has 32 heavy (non-hydrogen) atoms. The molecule has 0 radical (unpaired) electrons. The summed E-state index contributed by atoms with van der Waals surface area (Å²) < 4.78 is 5.99. The Hall–Kier alpha value is -3.15. The topological polar surface area (TPSA) is 61.8 Å². The number of carbonyl (C=O) groups excluding carboxylic acids is 1. The minimum atomic E-state index is -0.541. The Bertz CT molecular complexity index is 969. The minimum absolute atomic E-state index is 0.0294. The predicted molar refractivity (Wildman–Crippen MR) is 125 cm³/mol. The van der Waals surface area contributed by atoms with Gasteiger partial charge in [-0.3, -0.25) is 4.79 Å². The Labute approximate surface area is 189 Å². The zero-order chi connectivity index (χ0) is 22.2. The second-order valence-corrected chi connectivity index (χ2v) is 8.29. The van der Waals surface area contributed by atoms with E-state index >= 15 is 0 Å². The molecule has 4 rings (SSSR count). The summed E-state index contributed by atoms with van der Waals surface area (Å²) in [6.45, 7) is 1.10. The summed E-state index contributed by atoms with van der Waals surface area (Å²) in [5.74, 6) is 0.518. The molecule has 0 saturated heterocycles. The number of allylic oxidation sites excluding steroid dienone is 4. The standard InChI is InChI=1S/C27H30N2O3/c30-24-16-15-23(18-25(24)32-20-22-12-6-2-7-13-22)27(31)28-26-14-8-3-9-17-29(26)19-21-10-4-1-5-11-21/h1-14,17,23-25,30H,15-16,18-20H2,(H,28,31). The molecule has 0 spiro atoms. The van der Waals surface area contributed by atoms with Crippen LogP contribution in [0.3, 0.4) is 0 Å². The molecule has 2 N–H and O–H groups in total. The maximum atomic E-state index is 13.1. The summed E-state index contributed by atoms with van der Waals surface area (Å²) in [6, 6.07) is 20.1. The van der Waals surface area contributed by atoms with Crippen molar-refractivity contribution in [3.8, 4) is 0 Å². The van der Waals surface area contributed by atoms with Crippen molar-refractivity contribution in [2.24, 2.45) is 5.92 Å². The average molecular weight is 431 g/mol. The van der Waals surface area contributed by atoms with Gasteiger partial charge in [-0.15, -0.1) is 0 Å². The summed E-state index contributed by atoms with van der Waals surface area (Å²) in [5.41, 5.74) is 2.22. The first kappa shape index (κ1) is 22.1. The highest BCUT2D eigenvalue weighted by Crippen LogP contribution is 2.28. The van der Waals surface area contributed by atoms with E-state index in [9.17, 15) is 9.90 Å². The van der Waals surface area contributed by atoms with Gasteiger partial charge >= 0.3 is 0 Å². The maximum absolute atomic E-state index is 13.1. The zero-order valence-corrected chi connectivity index (χ0v) is 18.1. The zero-order valence-electron chi connectivity index (χ0n) is 18.1. The Balaban J connectivity index is 1.37. The molecule has 5 nitrogen and oxygen atoms in total. The highest BCUT2D eigenvalue weighted by Gasteiger charge is 2.34. The molecule has 166 valence electrons. The van der Waals surface area contributed by atoms with E-state index in [1.807, 2.05) is 83.9 Å². The number of hydrogen-bond acceptors (Lipinski definition) is 4. The lowest BCUT2D eigenvalue weighted by atomic mass is 9.84. The van der Waals surface area contributed by atoms with Gasteiger partial charge in [0.1, 0.15) is 5.82 Å². The van der Waals surface area contributed by atoms with Gasteiger partial charge in [0.25, 0.3) is 0 Å². The van der Waals surface area contributed by atoms with Gasteiger partial charge in [-0.05, 0) is 42.5 Å². The number of ether oxygens (including phenoxy) is 1. The largest absolute Gasteiger partial charge is 0.390 e. The van der Waals surface area contributed by atoms with E-state index in [1.54, 1.807) is 0 Å². The third-order valence-corrected chi connectivity index (χ3v) is 5.93. The van der Waals surface area contributed by atoms with Crippen LogP contribution in [0.1, 0.15) is 30.4 Å². The van der Waals surface area contributed by atoms with Gasteiger partial charge in [0.2, 0.25) is 5.91 Å². The van der Waals surface area contributed by atoms with Crippen LogP contribution in [-0.4, -0.2) is 28.1 Å². The van der Waals surface area contributed by atoms with E-state index in [4.69, 9.17) is 4.74 Å². The van der Waals surface area contributed by atoms with Crippen molar-refractivity contribution in [2.45, 2.75) is 44.6 Å². The molecule has 2 aromatic carbocycles. The number of carbonyl (C=O) groups is 1. The van der Waals surface area contributed by atoms with Crippen LogP contribution in [0, 0.1) is 5.92 Å². The van der Waals surface area contributed by atoms with Gasteiger partial charge in [0.15, 0.2) is 0 Å². The van der Waals surface area contributed by atoms with E-state index < -0.39 is 6.10 Å². The number of benzene rings is 2. The van der Waals surface area contributed by atoms with Crippen molar-refractivity contribution in [3.05, 3.63) is 108 Å². The fraction of sp³-hybridized carbons (Fsp3) is 0.296. The third kappa shape index (κ3) is 5.96. The van der Waals surface area contributed by atoms with Crippen LogP contribution in [0.25, 0.3) is 0 Å². The molecular formula is C27H30N2O3. The molecular weight excluding hydrogens is 400 g/mol. The van der Waals surface area contributed by atoms with E-state index in [1.165, 1.54) is 0 Å². The van der Waals surface area contributed by atoms with Gasteiger partial charge in [-0.25, -0.2) is 0 Å². The van der Waals surface area contributed by atoms with Crippen LogP contribution < -0.4 is 5.32 Å². The average Bonchev–Trinajstić information content (AvgIpc) is 3.05. The summed E-state index contributed by atoms with van der Waals surface area (Å²) in [6.07, 6.45) is 10.6. The normalized spacial score (nSPS) is 22.8. The fourth-order valence-corrected chi connectivity index (χ4v) is 4.11. The lowest BCUT2D eigenvalue weighted by Crippen LogP contribution is -2.43. The molecule has 2 aliphatic rings. The summed E-state index contributed by atoms with van der Waals surface area (Å²) in [4.78, 5) is 15.2. The quantitative estimate of drug-likeness (QED) is 0.689. The number of aliphatic hydroxyl groups excluding tert-OH is 1. The van der Waals surface area contributed by atoms with Crippen LogP contribution >= 0.6 is 0 Å². The predicted octanol–water partition coefficient (Wildman–Crippen LogP) is 4.28. The monoisotopic (exact) mass is 430 g/mol. The lowest BCUT2D eigenvalue weighted by Gasteiger charge is -2.33. The minimum Gasteiger partial charge on any atom is -0.390 e. The number of nitrogens with zero attached hydrogens (tertiary/aromatic N) is 1. The molecule has 1 heterocycles. The number of hydrogen-bond donors (Lipinski definition) is 2. The van der Waals surface area contributed by atoms with Gasteiger partial charge in [0, 0.05) is 18.7 Å². The Morgan fingerprint density at radius 1 is 0.969 bits per heavy atom. The number of rotatable bonds is 7. The van der Waals surface area contributed by atoms with Crippen LogP contribution in [0.15, 0.2) is 97.0 Å². The smallest absolute Gasteiger partial charge is 0.228 e. The van der Waals surface area contributed by atoms with E-state index in [0.29, 0.717) is 32.4 Å². The molecule has 0 aromatic heterocycles. The van der Waals surface area contributed by atoms with Crippen molar-refractivity contribution in [3.63, 3.8) is 0 Å². The molecule has 5 heteroatoms. The second kappa shape index (κ2) is 10.9. The first-order valence-electron chi connectivity index (χ1n) is 11.2. The molecule has 1 saturated carbocycles. The Kier molecular flexibility index (Phi) is 7.54. The molecule has 2 aromatic rings. The van der Waals surface area contributed by atoms with Gasteiger partial charge in [0.05, 0.1) is 18.8 Å². The molecule has 3 unspecified atom stereocenters. The van der Waals surface area contributed by atoms with Crippen LogP contribution in [-0.2, 0) is 22.7 Å². The first-order chi connectivity index (χ1) is 15.7. The summed E-state index contributed by atoms with van der Waals surface area (Å²) in [5, 5.41) is 13.5. The van der Waals surface area contributed by atoms with Crippen LogP contribution in [0.4, 0.5) is 0 Å². The molecule has 1 amide bonds.